The summed E-state index contributed by atoms with van der Waals surface area (Å²) in [4.78, 5) is 18.3. The van der Waals surface area contributed by atoms with E-state index in [2.05, 4.69) is 29.3 Å². The molecular weight excluding hydrogens is 300 g/mol. The first kappa shape index (κ1) is 14.9. The van der Waals surface area contributed by atoms with Gasteiger partial charge in [0.1, 0.15) is 0 Å². The van der Waals surface area contributed by atoms with Crippen LogP contribution in [0.4, 0.5) is 10.5 Å². The summed E-state index contributed by atoms with van der Waals surface area (Å²) in [6, 6.07) is 7.36. The minimum absolute atomic E-state index is 0.0707. The van der Waals surface area contributed by atoms with Gasteiger partial charge in [-0.05, 0) is 26.0 Å². The van der Waals surface area contributed by atoms with Crippen molar-refractivity contribution in [3.63, 3.8) is 0 Å². The average molecular weight is 318 g/mol. The zero-order valence-electron chi connectivity index (χ0n) is 12.6. The molecule has 0 radical (unpaired) electrons. The molecule has 22 heavy (non-hydrogen) atoms. The van der Waals surface area contributed by atoms with E-state index in [0.29, 0.717) is 5.82 Å². The summed E-state index contributed by atoms with van der Waals surface area (Å²) < 4.78 is 4.85. The van der Waals surface area contributed by atoms with Crippen LogP contribution in [0.15, 0.2) is 35.2 Å². The van der Waals surface area contributed by atoms with Gasteiger partial charge in [0.05, 0.1) is 0 Å². The van der Waals surface area contributed by atoms with Gasteiger partial charge in [0.25, 0.3) is 0 Å². The fourth-order valence-electron chi connectivity index (χ4n) is 2.43. The van der Waals surface area contributed by atoms with Crippen LogP contribution < -0.4 is 5.32 Å². The van der Waals surface area contributed by atoms with Crippen LogP contribution in [0.1, 0.15) is 13.8 Å². The molecule has 3 rings (SSSR count). The third kappa shape index (κ3) is 3.41. The van der Waals surface area contributed by atoms with Gasteiger partial charge in [-0.2, -0.15) is 16.7 Å². The zero-order chi connectivity index (χ0) is 15.6. The number of anilines is 1. The van der Waals surface area contributed by atoms with Gasteiger partial charge < -0.3 is 14.7 Å². The lowest BCUT2D eigenvalue weighted by Crippen LogP contribution is -2.47. The second-order valence-electron chi connectivity index (χ2n) is 5.80. The molecule has 116 valence electrons. The lowest BCUT2D eigenvalue weighted by atomic mass is 10.2. The van der Waals surface area contributed by atoms with E-state index in [1.807, 2.05) is 40.9 Å². The van der Waals surface area contributed by atoms with Gasteiger partial charge in [-0.1, -0.05) is 17.3 Å². The number of hydrogen-bond donors (Lipinski definition) is 1. The summed E-state index contributed by atoms with van der Waals surface area (Å²) in [5.74, 6) is 1.47. The van der Waals surface area contributed by atoms with Crippen molar-refractivity contribution in [1.29, 1.82) is 0 Å². The van der Waals surface area contributed by atoms with Crippen LogP contribution in [0.5, 0.6) is 0 Å². The normalized spacial score (nSPS) is 17.3. The Morgan fingerprint density at radius 1 is 1.45 bits per heavy atom. The second kappa shape index (κ2) is 6.00. The highest BCUT2D eigenvalue weighted by Gasteiger charge is 2.29. The van der Waals surface area contributed by atoms with E-state index in [4.69, 9.17) is 4.52 Å². The highest BCUT2D eigenvalue weighted by atomic mass is 32.2. The molecule has 6 nitrogen and oxygen atoms in total. The molecule has 1 aliphatic rings. The maximum atomic E-state index is 12.4. The zero-order valence-corrected chi connectivity index (χ0v) is 13.4. The largest absolute Gasteiger partial charge is 0.342 e. The van der Waals surface area contributed by atoms with Crippen molar-refractivity contribution in [3.05, 3.63) is 30.7 Å². The number of nitrogens with zero attached hydrogens (tertiary/aromatic N) is 3. The van der Waals surface area contributed by atoms with Crippen LogP contribution >= 0.6 is 11.8 Å². The fourth-order valence-corrected chi connectivity index (χ4v) is 3.54. The van der Waals surface area contributed by atoms with Crippen molar-refractivity contribution < 1.29 is 9.32 Å². The Morgan fingerprint density at radius 3 is 3.05 bits per heavy atom. The van der Waals surface area contributed by atoms with Gasteiger partial charge in [0.2, 0.25) is 12.2 Å². The van der Waals surface area contributed by atoms with Crippen molar-refractivity contribution >= 4 is 23.5 Å². The average Bonchev–Trinajstić information content (AvgIpc) is 3.00. The van der Waals surface area contributed by atoms with E-state index < -0.39 is 0 Å². The predicted molar refractivity (Wildman–Crippen MR) is 86.9 cm³/mol. The number of amides is 2. The molecule has 0 spiro atoms. The first-order valence-corrected chi connectivity index (χ1v) is 8.09. The number of thioether (sulfide) groups is 1. The molecule has 1 aromatic heterocycles. The number of benzene rings is 1. The van der Waals surface area contributed by atoms with Crippen LogP contribution in [-0.4, -0.2) is 44.7 Å². The van der Waals surface area contributed by atoms with E-state index in [1.54, 1.807) is 0 Å². The van der Waals surface area contributed by atoms with Crippen molar-refractivity contribution in [3.8, 4) is 11.4 Å². The minimum Gasteiger partial charge on any atom is -0.342 e. The van der Waals surface area contributed by atoms with Crippen molar-refractivity contribution in [1.82, 2.24) is 15.0 Å². The summed E-state index contributed by atoms with van der Waals surface area (Å²) in [5.41, 5.74) is 1.53. The summed E-state index contributed by atoms with van der Waals surface area (Å²) >= 11 is 1.90. The third-order valence-electron chi connectivity index (χ3n) is 3.45. The molecular formula is C15H18N4O2S. The van der Waals surface area contributed by atoms with Crippen LogP contribution in [0, 0.1) is 0 Å². The maximum Gasteiger partial charge on any atom is 0.321 e. The predicted octanol–water partition coefficient (Wildman–Crippen LogP) is 3.10. The first-order chi connectivity index (χ1) is 10.5. The topological polar surface area (TPSA) is 71.3 Å². The smallest absolute Gasteiger partial charge is 0.321 e. The molecule has 1 saturated heterocycles. The Labute approximate surface area is 133 Å². The SMILES string of the molecule is CC1(C)CN(C(=O)Nc2cccc(-c3ncon3)c2)CCS1. The molecule has 7 heteroatoms. The quantitative estimate of drug-likeness (QED) is 0.921. The second-order valence-corrected chi connectivity index (χ2v) is 7.60. The molecule has 2 aromatic rings. The van der Waals surface area contributed by atoms with Crippen molar-refractivity contribution in [2.45, 2.75) is 18.6 Å². The van der Waals surface area contributed by atoms with E-state index in [9.17, 15) is 4.79 Å². The van der Waals surface area contributed by atoms with Gasteiger partial charge in [-0.3, -0.25) is 0 Å². The lowest BCUT2D eigenvalue weighted by molar-refractivity contribution is 0.208. The van der Waals surface area contributed by atoms with E-state index in [0.717, 1.165) is 30.1 Å². The monoisotopic (exact) mass is 318 g/mol. The Hall–Kier alpha value is -2.02. The third-order valence-corrected chi connectivity index (χ3v) is 4.74. The maximum absolute atomic E-state index is 12.4. The molecule has 0 aliphatic carbocycles. The molecule has 1 aromatic carbocycles. The van der Waals surface area contributed by atoms with Crippen LogP contribution in [-0.2, 0) is 0 Å². The van der Waals surface area contributed by atoms with Gasteiger partial charge in [0, 0.05) is 34.8 Å². The lowest BCUT2D eigenvalue weighted by Gasteiger charge is -2.37. The molecule has 1 fully saturated rings. The number of urea groups is 1. The highest BCUT2D eigenvalue weighted by Crippen LogP contribution is 2.29. The number of carbonyl (C=O) groups is 1. The summed E-state index contributed by atoms with van der Waals surface area (Å²) in [7, 11) is 0. The Kier molecular flexibility index (Phi) is 4.06. The van der Waals surface area contributed by atoms with Crippen molar-refractivity contribution in [2.75, 3.05) is 24.2 Å². The molecule has 0 saturated carbocycles. The Morgan fingerprint density at radius 2 is 2.32 bits per heavy atom. The summed E-state index contributed by atoms with van der Waals surface area (Å²) in [6.45, 7) is 5.83. The molecule has 0 bridgehead atoms. The van der Waals surface area contributed by atoms with Crippen LogP contribution in [0.25, 0.3) is 11.4 Å². The molecule has 2 heterocycles. The van der Waals surface area contributed by atoms with Crippen LogP contribution in [0.3, 0.4) is 0 Å². The van der Waals surface area contributed by atoms with Crippen molar-refractivity contribution in [2.24, 2.45) is 0 Å². The number of rotatable bonds is 2. The molecule has 0 unspecified atom stereocenters. The molecule has 1 aliphatic heterocycles. The van der Waals surface area contributed by atoms with Gasteiger partial charge >= 0.3 is 6.03 Å². The molecule has 0 atom stereocenters. The van der Waals surface area contributed by atoms with E-state index in [1.165, 1.54) is 6.39 Å². The Bertz CT molecular complexity index is 657. The summed E-state index contributed by atoms with van der Waals surface area (Å²) in [5, 5.41) is 6.75. The fraction of sp³-hybridized carbons (Fsp3) is 0.400. The van der Waals surface area contributed by atoms with E-state index in [-0.39, 0.29) is 10.8 Å². The van der Waals surface area contributed by atoms with Gasteiger partial charge in [0.15, 0.2) is 0 Å². The highest BCUT2D eigenvalue weighted by molar-refractivity contribution is 8.00. The number of nitrogens with one attached hydrogen (secondary N) is 1. The summed E-state index contributed by atoms with van der Waals surface area (Å²) in [6.07, 6.45) is 1.29. The number of carbonyl (C=O) groups excluding carboxylic acids is 1. The molecule has 2 amide bonds. The first-order valence-electron chi connectivity index (χ1n) is 7.10. The minimum atomic E-state index is -0.0707. The number of aromatic nitrogens is 2. The van der Waals surface area contributed by atoms with E-state index >= 15 is 0 Å². The van der Waals surface area contributed by atoms with Gasteiger partial charge in [-0.25, -0.2) is 4.79 Å². The Balaban J connectivity index is 1.70. The molecule has 1 N–H and O–H groups in total. The van der Waals surface area contributed by atoms with Crippen LogP contribution in [0.2, 0.25) is 0 Å². The number of hydrogen-bond acceptors (Lipinski definition) is 5. The standard InChI is InChI=1S/C15H18N4O2S/c1-15(2)9-19(6-7-22-15)14(20)17-12-5-3-4-11(8-12)13-16-10-21-18-13/h3-5,8,10H,6-7,9H2,1-2H3,(H,17,20). The van der Waals surface area contributed by atoms with Gasteiger partial charge in [-0.15, -0.1) is 0 Å².